The number of amides is 1. The molecule has 4 heterocycles. The molecule has 1 aliphatic rings. The number of carbonyl (C=O) groups is 2. The van der Waals surface area contributed by atoms with E-state index in [1.54, 1.807) is 4.68 Å². The Bertz CT molecular complexity index is 1560. The first-order valence-corrected chi connectivity index (χ1v) is 13.1. The van der Waals surface area contributed by atoms with Crippen molar-refractivity contribution < 1.29 is 14.0 Å². The number of piperazine rings is 1. The Morgan fingerprint density at radius 1 is 1.23 bits per heavy atom. The molecule has 1 fully saturated rings. The largest absolute Gasteiger partial charge is 0.357 e. The number of benzene rings is 1. The summed E-state index contributed by atoms with van der Waals surface area (Å²) in [5.74, 6) is 4.47. The standard InChI is InChI=1S/C25H25FN10O2S/c1-28-8-9-35(27)22-20-19(18(26)15-30-22)17(14-29-20)21(37)23(38)33-10-12-34(13-11-33)25-31-24(39-2)32-36(25)16-6-4-3-5-7-16/h3-9,14-15,29H,1,10-13,27H2,2H3/b9-8-. The number of aromatic nitrogens is 5. The van der Waals surface area contributed by atoms with Gasteiger partial charge < -0.3 is 14.8 Å². The van der Waals surface area contributed by atoms with E-state index in [9.17, 15) is 14.0 Å². The van der Waals surface area contributed by atoms with Crippen molar-refractivity contribution in [2.45, 2.75) is 5.16 Å². The van der Waals surface area contributed by atoms with Gasteiger partial charge in [-0.05, 0) is 25.1 Å². The minimum Gasteiger partial charge on any atom is -0.357 e. The topological polar surface area (TPSA) is 142 Å². The number of Topliss-reactive ketones (excluding diaryl/α,β-unsaturated/α-hetero) is 1. The van der Waals surface area contributed by atoms with E-state index in [4.69, 9.17) is 5.84 Å². The third-order valence-corrected chi connectivity index (χ3v) is 6.80. The lowest BCUT2D eigenvalue weighted by Crippen LogP contribution is -2.51. The summed E-state index contributed by atoms with van der Waals surface area (Å²) in [4.78, 5) is 45.0. The minimum absolute atomic E-state index is 0.0621. The van der Waals surface area contributed by atoms with Crippen molar-refractivity contribution in [1.29, 1.82) is 0 Å². The molecule has 12 nitrogen and oxygen atoms in total. The van der Waals surface area contributed by atoms with Gasteiger partial charge in [-0.2, -0.15) is 9.67 Å². The van der Waals surface area contributed by atoms with Crippen LogP contribution >= 0.6 is 11.8 Å². The van der Waals surface area contributed by atoms with Crippen molar-refractivity contribution in [1.82, 2.24) is 29.6 Å². The van der Waals surface area contributed by atoms with Gasteiger partial charge in [-0.3, -0.25) is 19.6 Å². The van der Waals surface area contributed by atoms with Gasteiger partial charge in [-0.1, -0.05) is 30.0 Å². The van der Waals surface area contributed by atoms with Crippen LogP contribution in [-0.2, 0) is 4.79 Å². The van der Waals surface area contributed by atoms with Crippen LogP contribution < -0.4 is 15.8 Å². The number of nitrogens with two attached hydrogens (primary N) is 1. The molecular weight excluding hydrogens is 523 g/mol. The average molecular weight is 549 g/mol. The van der Waals surface area contributed by atoms with Crippen LogP contribution in [0.5, 0.6) is 0 Å². The van der Waals surface area contributed by atoms with Crippen molar-refractivity contribution >= 4 is 52.8 Å². The molecule has 0 bridgehead atoms. The molecule has 1 aromatic carbocycles. The predicted molar refractivity (Wildman–Crippen MR) is 148 cm³/mol. The van der Waals surface area contributed by atoms with Gasteiger partial charge >= 0.3 is 0 Å². The number of hydrazine groups is 1. The van der Waals surface area contributed by atoms with Crippen LogP contribution in [0.3, 0.4) is 0 Å². The number of hydrogen-bond acceptors (Lipinski definition) is 10. The number of rotatable bonds is 8. The minimum atomic E-state index is -0.824. The van der Waals surface area contributed by atoms with E-state index < -0.39 is 17.5 Å². The van der Waals surface area contributed by atoms with Crippen molar-refractivity contribution in [2.75, 3.05) is 42.3 Å². The summed E-state index contributed by atoms with van der Waals surface area (Å²) >= 11 is 1.44. The molecule has 4 aromatic rings. The number of H-pyrrole nitrogens is 1. The zero-order valence-corrected chi connectivity index (χ0v) is 21.8. The van der Waals surface area contributed by atoms with Crippen LogP contribution in [0.1, 0.15) is 10.4 Å². The molecule has 5 rings (SSSR count). The maximum atomic E-state index is 14.8. The lowest BCUT2D eigenvalue weighted by molar-refractivity contribution is -0.126. The van der Waals surface area contributed by atoms with Crippen molar-refractivity contribution in [3.05, 3.63) is 66.5 Å². The van der Waals surface area contributed by atoms with Gasteiger partial charge in [0.05, 0.1) is 28.4 Å². The first kappa shape index (κ1) is 26.1. The number of aliphatic imine (C=N–C) groups is 1. The Hall–Kier alpha value is -4.56. The highest BCUT2D eigenvalue weighted by Gasteiger charge is 2.31. The molecule has 0 saturated carbocycles. The van der Waals surface area contributed by atoms with Crippen LogP contribution in [0, 0.1) is 5.82 Å². The number of nitrogens with one attached hydrogen (secondary N) is 1. The first-order chi connectivity index (χ1) is 18.9. The monoisotopic (exact) mass is 548 g/mol. The molecular formula is C25H25FN10O2S. The second-order valence-electron chi connectivity index (χ2n) is 8.52. The Morgan fingerprint density at radius 2 is 1.97 bits per heavy atom. The van der Waals surface area contributed by atoms with Crippen LogP contribution in [0.15, 0.2) is 65.3 Å². The van der Waals surface area contributed by atoms with Crippen LogP contribution in [-0.4, -0.2) is 80.5 Å². The summed E-state index contributed by atoms with van der Waals surface area (Å²) in [6.45, 7) is 4.80. The third-order valence-electron chi connectivity index (χ3n) is 6.26. The second-order valence-corrected chi connectivity index (χ2v) is 9.30. The molecule has 3 N–H and O–H groups in total. The molecule has 0 radical (unpaired) electrons. The normalized spacial score (nSPS) is 13.8. The molecule has 1 amide bonds. The SMILES string of the molecule is C=N/C=C\N(N)c1ncc(F)c2c(C(=O)C(=O)N3CCN(c4nc(SC)nn4-c4ccccc4)CC3)c[nH]c12. The molecule has 200 valence electrons. The van der Waals surface area contributed by atoms with E-state index in [1.165, 1.54) is 35.3 Å². The van der Waals surface area contributed by atoms with E-state index in [-0.39, 0.29) is 35.4 Å². The quantitative estimate of drug-likeness (QED) is 0.0848. The average Bonchev–Trinajstić information content (AvgIpc) is 3.62. The van der Waals surface area contributed by atoms with Gasteiger partial charge in [0.15, 0.2) is 11.6 Å². The van der Waals surface area contributed by atoms with E-state index in [0.717, 1.165) is 16.9 Å². The molecule has 0 unspecified atom stereocenters. The maximum Gasteiger partial charge on any atom is 0.295 e. The number of fused-ring (bicyclic) bond motifs is 1. The highest BCUT2D eigenvalue weighted by Crippen LogP contribution is 2.29. The molecule has 0 atom stereocenters. The third kappa shape index (κ3) is 4.98. The van der Waals surface area contributed by atoms with Gasteiger partial charge in [0, 0.05) is 44.8 Å². The summed E-state index contributed by atoms with van der Waals surface area (Å²) in [6, 6.07) is 9.66. The molecule has 39 heavy (non-hydrogen) atoms. The van der Waals surface area contributed by atoms with Crippen LogP contribution in [0.25, 0.3) is 16.6 Å². The molecule has 14 heteroatoms. The van der Waals surface area contributed by atoms with Gasteiger partial charge in [-0.25, -0.2) is 15.2 Å². The number of aromatic amines is 1. The Labute approximate surface area is 227 Å². The number of pyridine rings is 1. The zero-order chi connectivity index (χ0) is 27.5. The number of para-hydroxylation sites is 1. The maximum absolute atomic E-state index is 14.8. The number of anilines is 2. The van der Waals surface area contributed by atoms with Gasteiger partial charge in [0.2, 0.25) is 11.1 Å². The van der Waals surface area contributed by atoms with E-state index in [0.29, 0.717) is 24.2 Å². The molecule has 3 aromatic heterocycles. The van der Waals surface area contributed by atoms with E-state index >= 15 is 0 Å². The molecule has 1 aliphatic heterocycles. The summed E-state index contributed by atoms with van der Waals surface area (Å²) in [5.41, 5.74) is 0.958. The lowest BCUT2D eigenvalue weighted by atomic mass is 10.1. The fourth-order valence-corrected chi connectivity index (χ4v) is 4.68. The summed E-state index contributed by atoms with van der Waals surface area (Å²) in [6.07, 6.45) is 6.86. The highest BCUT2D eigenvalue weighted by molar-refractivity contribution is 7.98. The lowest BCUT2D eigenvalue weighted by Gasteiger charge is -2.34. The number of carbonyl (C=O) groups excluding carboxylic acids is 2. The number of ketones is 1. The van der Waals surface area contributed by atoms with Crippen molar-refractivity contribution in [3.8, 4) is 5.69 Å². The van der Waals surface area contributed by atoms with E-state index in [2.05, 4.69) is 31.8 Å². The zero-order valence-electron chi connectivity index (χ0n) is 21.0. The number of thioether (sulfide) groups is 1. The van der Waals surface area contributed by atoms with Gasteiger partial charge in [0.25, 0.3) is 11.7 Å². The van der Waals surface area contributed by atoms with Crippen molar-refractivity contribution in [2.24, 2.45) is 10.8 Å². The first-order valence-electron chi connectivity index (χ1n) is 11.9. The second kappa shape index (κ2) is 11.0. The molecule has 1 saturated heterocycles. The summed E-state index contributed by atoms with van der Waals surface area (Å²) in [5, 5.41) is 6.26. The van der Waals surface area contributed by atoms with Gasteiger partial charge in [-0.15, -0.1) is 5.10 Å². The van der Waals surface area contributed by atoms with Crippen LogP contribution in [0.4, 0.5) is 16.2 Å². The number of halogens is 1. The number of nitrogens with zero attached hydrogens (tertiary/aromatic N) is 8. The Morgan fingerprint density at radius 3 is 2.67 bits per heavy atom. The smallest absolute Gasteiger partial charge is 0.295 e. The summed E-state index contributed by atoms with van der Waals surface area (Å²) in [7, 11) is 0. The van der Waals surface area contributed by atoms with Crippen LogP contribution in [0.2, 0.25) is 0 Å². The van der Waals surface area contributed by atoms with Gasteiger partial charge in [0.1, 0.15) is 0 Å². The van der Waals surface area contributed by atoms with Crippen molar-refractivity contribution in [3.63, 3.8) is 0 Å². The number of hydrogen-bond donors (Lipinski definition) is 2. The van der Waals surface area contributed by atoms with E-state index in [1.807, 2.05) is 41.5 Å². The highest BCUT2D eigenvalue weighted by atomic mass is 32.2. The Balaban J connectivity index is 1.34. The fourth-order valence-electron chi connectivity index (χ4n) is 4.35. The molecule has 0 spiro atoms. The Kier molecular flexibility index (Phi) is 7.38. The summed E-state index contributed by atoms with van der Waals surface area (Å²) < 4.78 is 16.6. The fraction of sp³-hybridized carbons (Fsp3) is 0.200. The molecule has 0 aliphatic carbocycles. The predicted octanol–water partition coefficient (Wildman–Crippen LogP) is 2.39.